The maximum atomic E-state index is 6.48. The molecule has 4 heteroatoms. The van der Waals surface area contributed by atoms with Gasteiger partial charge in [0, 0.05) is 70.7 Å². The summed E-state index contributed by atoms with van der Waals surface area (Å²) < 4.78 is 14.0. The standard InChI is InChI=1S/C54H34N2OS/c1-2-11-36(12-3-1)55-47-18-7-4-13-39(47)45-31-34(23-29-48(45)55)35-24-30-49-46(32-35)42-27-28-44-41-15-6-9-20-51(41)58-54(44)52(42)56(49)37-25-21-33(22-26-37)38-16-10-17-43-40-14-5-8-19-50(40)57-53(38)43/h1-21,23-33H,22H2. The van der Waals surface area contributed by atoms with Gasteiger partial charge in [0.15, 0.2) is 0 Å². The van der Waals surface area contributed by atoms with Gasteiger partial charge in [-0.2, -0.15) is 0 Å². The Morgan fingerprint density at radius 1 is 0.500 bits per heavy atom. The number of furan rings is 1. The monoisotopic (exact) mass is 758 g/mol. The number of hydrogen-bond acceptors (Lipinski definition) is 2. The van der Waals surface area contributed by atoms with Crippen molar-refractivity contribution in [1.82, 2.24) is 9.13 Å². The second kappa shape index (κ2) is 12.2. The lowest BCUT2D eigenvalue weighted by atomic mass is 9.90. The highest BCUT2D eigenvalue weighted by Gasteiger charge is 2.23. The molecular formula is C54H34N2OS. The van der Waals surface area contributed by atoms with Crippen LogP contribution in [0.25, 0.3) is 108 Å². The van der Waals surface area contributed by atoms with Gasteiger partial charge in [-0.15, -0.1) is 11.3 Å². The van der Waals surface area contributed by atoms with E-state index >= 15 is 0 Å². The van der Waals surface area contributed by atoms with Gasteiger partial charge < -0.3 is 13.6 Å². The molecular weight excluding hydrogens is 725 g/mol. The Hall–Kier alpha value is -7.14. The number of para-hydroxylation sites is 4. The van der Waals surface area contributed by atoms with Gasteiger partial charge in [-0.3, -0.25) is 0 Å². The molecule has 0 bridgehead atoms. The van der Waals surface area contributed by atoms with E-state index in [1.54, 1.807) is 0 Å². The van der Waals surface area contributed by atoms with Crippen molar-refractivity contribution in [2.75, 3.05) is 0 Å². The molecule has 0 saturated heterocycles. The lowest BCUT2D eigenvalue weighted by molar-refractivity contribution is 0.657. The van der Waals surface area contributed by atoms with Crippen LogP contribution in [-0.4, -0.2) is 9.13 Å². The van der Waals surface area contributed by atoms with E-state index in [4.69, 9.17) is 4.42 Å². The van der Waals surface area contributed by atoms with Crippen molar-refractivity contribution in [3.8, 4) is 16.8 Å². The van der Waals surface area contributed by atoms with Crippen molar-refractivity contribution in [2.45, 2.75) is 12.3 Å². The Morgan fingerprint density at radius 2 is 1.17 bits per heavy atom. The van der Waals surface area contributed by atoms with Crippen molar-refractivity contribution >= 4 is 103 Å². The van der Waals surface area contributed by atoms with E-state index in [1.807, 2.05) is 17.4 Å². The molecule has 12 aromatic rings. The maximum Gasteiger partial charge on any atom is 0.139 e. The molecule has 1 aliphatic carbocycles. The van der Waals surface area contributed by atoms with Crippen LogP contribution in [0.4, 0.5) is 0 Å². The third kappa shape index (κ3) is 4.55. The van der Waals surface area contributed by atoms with E-state index in [1.165, 1.54) is 103 Å². The number of fused-ring (bicyclic) bond motifs is 13. The predicted molar refractivity (Wildman–Crippen MR) is 247 cm³/mol. The van der Waals surface area contributed by atoms with Gasteiger partial charge in [-0.05, 0) is 78.2 Å². The van der Waals surface area contributed by atoms with Gasteiger partial charge in [-0.1, -0.05) is 127 Å². The minimum Gasteiger partial charge on any atom is -0.456 e. The van der Waals surface area contributed by atoms with Crippen LogP contribution in [0.3, 0.4) is 0 Å². The minimum atomic E-state index is 0.222. The molecule has 8 aromatic carbocycles. The molecule has 0 N–H and O–H groups in total. The Morgan fingerprint density at radius 3 is 2.00 bits per heavy atom. The van der Waals surface area contributed by atoms with Gasteiger partial charge in [0.1, 0.15) is 11.2 Å². The Kier molecular flexibility index (Phi) is 6.72. The fourth-order valence-electron chi connectivity index (χ4n) is 9.80. The van der Waals surface area contributed by atoms with Crippen molar-refractivity contribution in [3.63, 3.8) is 0 Å². The summed E-state index contributed by atoms with van der Waals surface area (Å²) in [6.45, 7) is 0. The second-order valence-electron chi connectivity index (χ2n) is 15.6. The molecule has 0 radical (unpaired) electrons. The van der Waals surface area contributed by atoms with Gasteiger partial charge in [0.05, 0.1) is 26.8 Å². The third-order valence-corrected chi connectivity index (χ3v) is 13.7. The molecule has 13 rings (SSSR count). The van der Waals surface area contributed by atoms with Crippen molar-refractivity contribution < 1.29 is 4.42 Å². The third-order valence-electron chi connectivity index (χ3n) is 12.5. The summed E-state index contributed by atoms with van der Waals surface area (Å²) in [6, 6.07) is 62.0. The molecule has 0 aliphatic heterocycles. The minimum absolute atomic E-state index is 0.222. The SMILES string of the molecule is C1=CC(c2cccc3c2oc2ccccc23)CC=C1n1c2ccc(-c3ccc4c(c3)c3ccccc3n4-c3ccccc3)cc2c2ccc3c4ccccc4sc3c21. The van der Waals surface area contributed by atoms with Crippen LogP contribution in [0.2, 0.25) is 0 Å². The highest BCUT2D eigenvalue weighted by Crippen LogP contribution is 2.46. The Balaban J connectivity index is 0.984. The maximum absolute atomic E-state index is 6.48. The number of rotatable bonds is 4. The van der Waals surface area contributed by atoms with Gasteiger partial charge in [-0.25, -0.2) is 0 Å². The zero-order valence-corrected chi connectivity index (χ0v) is 32.2. The average molecular weight is 759 g/mol. The van der Waals surface area contributed by atoms with Crippen LogP contribution in [0, 0.1) is 0 Å². The molecule has 1 atom stereocenters. The number of benzene rings is 8. The summed E-state index contributed by atoms with van der Waals surface area (Å²) in [7, 11) is 0. The first-order valence-corrected chi connectivity index (χ1v) is 20.8. The Labute approximate surface area is 337 Å². The number of allylic oxidation sites excluding steroid dienone is 4. The topological polar surface area (TPSA) is 23.0 Å². The summed E-state index contributed by atoms with van der Waals surface area (Å²) in [5, 5.41) is 10.1. The molecule has 0 fully saturated rings. The number of thiophene rings is 1. The fraction of sp³-hybridized carbons (Fsp3) is 0.0370. The predicted octanol–water partition coefficient (Wildman–Crippen LogP) is 15.4. The van der Waals surface area contributed by atoms with E-state index in [2.05, 4.69) is 191 Å². The van der Waals surface area contributed by atoms with Crippen LogP contribution in [0.5, 0.6) is 0 Å². The number of aromatic nitrogens is 2. The van der Waals surface area contributed by atoms with Crippen LogP contribution in [-0.2, 0) is 0 Å². The molecule has 0 spiro atoms. The first-order chi connectivity index (χ1) is 28.8. The second-order valence-corrected chi connectivity index (χ2v) is 16.6. The molecule has 4 aromatic heterocycles. The summed E-state index contributed by atoms with van der Waals surface area (Å²) in [5.74, 6) is 0.222. The zero-order chi connectivity index (χ0) is 37.9. The number of hydrogen-bond donors (Lipinski definition) is 0. The van der Waals surface area contributed by atoms with Gasteiger partial charge in [0.2, 0.25) is 0 Å². The highest BCUT2D eigenvalue weighted by atomic mass is 32.1. The molecule has 3 nitrogen and oxygen atoms in total. The van der Waals surface area contributed by atoms with E-state index in [-0.39, 0.29) is 5.92 Å². The first kappa shape index (κ1) is 32.0. The van der Waals surface area contributed by atoms with Crippen molar-refractivity contribution in [3.05, 3.63) is 194 Å². The smallest absolute Gasteiger partial charge is 0.139 e. The lowest BCUT2D eigenvalue weighted by Gasteiger charge is -2.19. The highest BCUT2D eigenvalue weighted by molar-refractivity contribution is 7.26. The van der Waals surface area contributed by atoms with Crippen LogP contribution in [0.15, 0.2) is 193 Å². The van der Waals surface area contributed by atoms with E-state index in [0.29, 0.717) is 0 Å². The quantitative estimate of drug-likeness (QED) is 0.175. The molecule has 272 valence electrons. The van der Waals surface area contributed by atoms with Crippen LogP contribution >= 0.6 is 11.3 Å². The summed E-state index contributed by atoms with van der Waals surface area (Å²) in [4.78, 5) is 0. The molecule has 0 amide bonds. The van der Waals surface area contributed by atoms with Gasteiger partial charge >= 0.3 is 0 Å². The molecule has 1 aliphatic rings. The van der Waals surface area contributed by atoms with Crippen LogP contribution < -0.4 is 0 Å². The molecule has 0 saturated carbocycles. The summed E-state index contributed by atoms with van der Waals surface area (Å²) >= 11 is 1.90. The lowest BCUT2D eigenvalue weighted by Crippen LogP contribution is -2.03. The van der Waals surface area contributed by atoms with Crippen LogP contribution in [0.1, 0.15) is 17.9 Å². The van der Waals surface area contributed by atoms with Crippen molar-refractivity contribution in [1.29, 1.82) is 0 Å². The summed E-state index contributed by atoms with van der Waals surface area (Å²) in [5.41, 5.74) is 12.9. The number of nitrogens with zero attached hydrogens (tertiary/aromatic N) is 2. The molecule has 4 heterocycles. The zero-order valence-electron chi connectivity index (χ0n) is 31.4. The fourth-order valence-corrected chi connectivity index (χ4v) is 11.0. The molecule has 1 unspecified atom stereocenters. The van der Waals surface area contributed by atoms with E-state index in [9.17, 15) is 0 Å². The average Bonchev–Trinajstić information content (AvgIpc) is 4.04. The van der Waals surface area contributed by atoms with Gasteiger partial charge in [0.25, 0.3) is 0 Å². The largest absolute Gasteiger partial charge is 0.456 e. The normalized spacial score (nSPS) is 14.7. The summed E-state index contributed by atoms with van der Waals surface area (Å²) in [6.07, 6.45) is 8.04. The van der Waals surface area contributed by atoms with Crippen molar-refractivity contribution in [2.24, 2.45) is 0 Å². The first-order valence-electron chi connectivity index (χ1n) is 20.0. The Bertz CT molecular complexity index is 3720. The van der Waals surface area contributed by atoms with E-state index < -0.39 is 0 Å². The molecule has 58 heavy (non-hydrogen) atoms. The van der Waals surface area contributed by atoms with E-state index in [0.717, 1.165) is 17.6 Å².